The van der Waals surface area contributed by atoms with E-state index < -0.39 is 11.4 Å². The highest BCUT2D eigenvalue weighted by molar-refractivity contribution is 7.14. The average molecular weight is 420 g/mol. The Balaban J connectivity index is 0.00000280. The van der Waals surface area contributed by atoms with Crippen molar-refractivity contribution in [3.05, 3.63) is 62.9 Å². The van der Waals surface area contributed by atoms with Crippen molar-refractivity contribution in [2.24, 2.45) is 0 Å². The maximum Gasteiger partial charge on any atom is 0.314 e. The third kappa shape index (κ3) is 4.22. The minimum Gasteiger partial charge on any atom is -0.481 e. The summed E-state index contributed by atoms with van der Waals surface area (Å²) < 4.78 is 0. The molecular weight excluding hydrogens is 394 g/mol. The van der Waals surface area contributed by atoms with Crippen LogP contribution in [-0.2, 0) is 16.6 Å². The number of carbonyl (C=O) groups excluding carboxylic acids is 1. The molecule has 28 heavy (non-hydrogen) atoms. The van der Waals surface area contributed by atoms with E-state index in [4.69, 9.17) is 0 Å². The summed E-state index contributed by atoms with van der Waals surface area (Å²) in [4.78, 5) is 28.2. The van der Waals surface area contributed by atoms with Gasteiger partial charge < -0.3 is 10.0 Å². The molecule has 0 radical (unpaired) electrons. The van der Waals surface area contributed by atoms with E-state index in [1.54, 1.807) is 13.8 Å². The van der Waals surface area contributed by atoms with Crippen molar-refractivity contribution in [2.45, 2.75) is 32.1 Å². The summed E-state index contributed by atoms with van der Waals surface area (Å²) in [6.45, 7) is 4.29. The molecule has 4 nitrogen and oxygen atoms in total. The molecule has 1 N–H and O–H groups in total. The first-order valence-electron chi connectivity index (χ1n) is 9.06. The van der Waals surface area contributed by atoms with Crippen LogP contribution in [0.15, 0.2) is 36.4 Å². The molecule has 0 aliphatic heterocycles. The summed E-state index contributed by atoms with van der Waals surface area (Å²) >= 11 is 1.32. The van der Waals surface area contributed by atoms with Crippen molar-refractivity contribution >= 4 is 41.1 Å². The molecule has 1 heterocycles. The van der Waals surface area contributed by atoms with E-state index in [-0.39, 0.29) is 18.2 Å². The number of halogens is 1. The molecule has 1 aliphatic carbocycles. The van der Waals surface area contributed by atoms with Gasteiger partial charge in [0.15, 0.2) is 5.78 Å². The molecule has 0 saturated carbocycles. The monoisotopic (exact) mass is 419 g/mol. The number of carbonyl (C=O) groups is 2. The second-order valence-electron chi connectivity index (χ2n) is 7.75. The Hall–Kier alpha value is -1.95. The molecule has 0 unspecified atom stereocenters. The fourth-order valence-corrected chi connectivity index (χ4v) is 4.44. The molecule has 0 atom stereocenters. The zero-order valence-electron chi connectivity index (χ0n) is 16.6. The Morgan fingerprint density at radius 2 is 1.93 bits per heavy atom. The van der Waals surface area contributed by atoms with Gasteiger partial charge in [0.1, 0.15) is 0 Å². The molecule has 1 aromatic carbocycles. The van der Waals surface area contributed by atoms with E-state index in [1.807, 2.05) is 38.4 Å². The maximum atomic E-state index is 12.9. The molecule has 0 fully saturated rings. The van der Waals surface area contributed by atoms with Crippen LogP contribution in [0.25, 0.3) is 5.57 Å². The number of thiophene rings is 1. The highest BCUT2D eigenvalue weighted by Gasteiger charge is 2.35. The molecule has 0 bridgehead atoms. The number of carboxylic acid groups (broad SMARTS) is 1. The van der Waals surface area contributed by atoms with Crippen LogP contribution in [0.5, 0.6) is 0 Å². The third-order valence-electron chi connectivity index (χ3n) is 5.01. The minimum absolute atomic E-state index is 0. The van der Waals surface area contributed by atoms with Crippen molar-refractivity contribution in [1.29, 1.82) is 0 Å². The van der Waals surface area contributed by atoms with Gasteiger partial charge in [-0.1, -0.05) is 30.3 Å². The second-order valence-corrected chi connectivity index (χ2v) is 8.80. The number of aliphatic carboxylic acids is 1. The lowest BCUT2D eigenvalue weighted by molar-refractivity contribution is -0.142. The van der Waals surface area contributed by atoms with Gasteiger partial charge in [0.25, 0.3) is 0 Å². The molecule has 150 valence electrons. The Morgan fingerprint density at radius 1 is 1.25 bits per heavy atom. The number of carboxylic acids is 1. The van der Waals surface area contributed by atoms with Crippen molar-refractivity contribution < 1.29 is 14.7 Å². The zero-order valence-corrected chi connectivity index (χ0v) is 18.2. The zero-order chi connectivity index (χ0) is 19.8. The van der Waals surface area contributed by atoms with Crippen LogP contribution in [0.3, 0.4) is 0 Å². The van der Waals surface area contributed by atoms with Crippen molar-refractivity contribution in [3.8, 4) is 0 Å². The van der Waals surface area contributed by atoms with Crippen LogP contribution in [-0.4, -0.2) is 42.4 Å². The minimum atomic E-state index is -1.02. The number of rotatable bonds is 5. The normalized spacial score (nSPS) is 15.0. The molecule has 0 saturated heterocycles. The molecule has 3 rings (SSSR count). The van der Waals surface area contributed by atoms with Crippen LogP contribution in [0.4, 0.5) is 0 Å². The lowest BCUT2D eigenvalue weighted by atomic mass is 9.89. The Kier molecular flexibility index (Phi) is 6.86. The van der Waals surface area contributed by atoms with Crippen LogP contribution in [0, 0.1) is 0 Å². The number of ketones is 1. The number of hydrogen-bond donors (Lipinski definition) is 1. The van der Waals surface area contributed by atoms with Gasteiger partial charge in [0.05, 0.1) is 10.3 Å². The summed E-state index contributed by atoms with van der Waals surface area (Å²) in [5.74, 6) is -0.823. The quantitative estimate of drug-likeness (QED) is 0.766. The number of Topliss-reactive ketones (excluding diaryl/α,β-unsaturated/α-hetero) is 1. The van der Waals surface area contributed by atoms with Crippen LogP contribution < -0.4 is 0 Å². The van der Waals surface area contributed by atoms with E-state index in [1.165, 1.54) is 11.3 Å². The Bertz CT molecular complexity index is 928. The number of fused-ring (bicyclic) bond motifs is 2. The summed E-state index contributed by atoms with van der Waals surface area (Å²) in [5.41, 5.74) is 2.99. The topological polar surface area (TPSA) is 57.6 Å². The smallest absolute Gasteiger partial charge is 0.314 e. The molecule has 1 aliphatic rings. The summed E-state index contributed by atoms with van der Waals surface area (Å²) in [6.07, 6.45) is 3.39. The van der Waals surface area contributed by atoms with E-state index in [0.29, 0.717) is 16.2 Å². The van der Waals surface area contributed by atoms with Gasteiger partial charge in [-0.05, 0) is 57.1 Å². The maximum absolute atomic E-state index is 12.9. The molecule has 2 aromatic rings. The average Bonchev–Trinajstić information content (AvgIpc) is 3.01. The summed E-state index contributed by atoms with van der Waals surface area (Å²) in [5, 5.41) is 9.61. The van der Waals surface area contributed by atoms with E-state index in [2.05, 4.69) is 17.0 Å². The van der Waals surface area contributed by atoms with Gasteiger partial charge >= 0.3 is 5.97 Å². The molecule has 1 aromatic heterocycles. The highest BCUT2D eigenvalue weighted by Crippen LogP contribution is 2.41. The van der Waals surface area contributed by atoms with Crippen molar-refractivity contribution in [3.63, 3.8) is 0 Å². The molecular formula is C22H26ClNO3S. The first kappa shape index (κ1) is 22.3. The Morgan fingerprint density at radius 3 is 2.57 bits per heavy atom. The van der Waals surface area contributed by atoms with Crippen LogP contribution in [0.1, 0.15) is 51.5 Å². The standard InChI is InChI=1S/C22H25NO3S.ClH/c1-22(2,21(25)26)19-13-17-16(10-7-11-23(3)4)15-9-6-5-8-14(15)12-18(24)20(17)27-19;/h5-6,8-10,13H,7,11-12H2,1-4H3,(H,25,26);1H/b16-10+;. The number of hydrogen-bond acceptors (Lipinski definition) is 4. The predicted molar refractivity (Wildman–Crippen MR) is 117 cm³/mol. The fraction of sp³-hybridized carbons (Fsp3) is 0.364. The second kappa shape index (κ2) is 8.60. The van der Waals surface area contributed by atoms with Gasteiger partial charge in [-0.3, -0.25) is 9.59 Å². The van der Waals surface area contributed by atoms with Gasteiger partial charge in [-0.2, -0.15) is 0 Å². The fourth-order valence-electron chi connectivity index (χ4n) is 3.23. The van der Waals surface area contributed by atoms with Crippen molar-refractivity contribution in [1.82, 2.24) is 4.90 Å². The first-order valence-corrected chi connectivity index (χ1v) is 9.88. The molecule has 0 amide bonds. The van der Waals surface area contributed by atoms with E-state index in [0.717, 1.165) is 35.2 Å². The van der Waals surface area contributed by atoms with Crippen LogP contribution in [0.2, 0.25) is 0 Å². The highest BCUT2D eigenvalue weighted by atomic mass is 35.5. The van der Waals surface area contributed by atoms with Gasteiger partial charge in [-0.25, -0.2) is 0 Å². The van der Waals surface area contributed by atoms with Gasteiger partial charge in [0.2, 0.25) is 0 Å². The summed E-state index contributed by atoms with van der Waals surface area (Å²) in [6, 6.07) is 9.92. The van der Waals surface area contributed by atoms with E-state index in [9.17, 15) is 14.7 Å². The lowest BCUT2D eigenvalue weighted by Crippen LogP contribution is -2.27. The predicted octanol–water partition coefficient (Wildman–Crippen LogP) is 4.65. The summed E-state index contributed by atoms with van der Waals surface area (Å²) in [7, 11) is 4.07. The third-order valence-corrected chi connectivity index (χ3v) is 6.51. The molecule has 0 spiro atoms. The van der Waals surface area contributed by atoms with Crippen LogP contribution >= 0.6 is 23.7 Å². The van der Waals surface area contributed by atoms with Gasteiger partial charge in [-0.15, -0.1) is 23.7 Å². The largest absolute Gasteiger partial charge is 0.481 e. The number of nitrogens with zero attached hydrogens (tertiary/aromatic N) is 1. The lowest BCUT2D eigenvalue weighted by Gasteiger charge is -2.17. The first-order chi connectivity index (χ1) is 12.7. The van der Waals surface area contributed by atoms with E-state index >= 15 is 0 Å². The number of benzene rings is 1. The Labute approximate surface area is 176 Å². The molecule has 6 heteroatoms. The van der Waals surface area contributed by atoms with Gasteiger partial charge in [0, 0.05) is 23.4 Å². The SMILES string of the molecule is CN(C)CC/C=C1\c2ccccc2CC(=O)c2sc(C(C)(C)C(=O)O)cc21.Cl. The van der Waals surface area contributed by atoms with Crippen molar-refractivity contribution in [2.75, 3.05) is 20.6 Å².